The van der Waals surface area contributed by atoms with Gasteiger partial charge in [0.15, 0.2) is 0 Å². The lowest BCUT2D eigenvalue weighted by Crippen LogP contribution is -1.89. The topological polar surface area (TPSA) is 82.0 Å². The van der Waals surface area contributed by atoms with Crippen molar-refractivity contribution < 1.29 is 0 Å². The molecule has 0 spiro atoms. The van der Waals surface area contributed by atoms with Crippen LogP contribution in [0.1, 0.15) is 0 Å². The summed E-state index contributed by atoms with van der Waals surface area (Å²) in [6.07, 6.45) is 0. The first kappa shape index (κ1) is 20.8. The van der Waals surface area contributed by atoms with Crippen molar-refractivity contribution in [2.24, 2.45) is 0 Å². The van der Waals surface area contributed by atoms with E-state index in [1.54, 1.807) is 0 Å². The van der Waals surface area contributed by atoms with Crippen molar-refractivity contribution in [3.63, 3.8) is 0 Å². The van der Waals surface area contributed by atoms with Gasteiger partial charge in [0.2, 0.25) is 0 Å². The lowest BCUT2D eigenvalue weighted by atomic mass is 11.3. The minimum atomic E-state index is 0. The molecule has 0 aromatic rings. The molecule has 0 saturated carbocycles. The summed E-state index contributed by atoms with van der Waals surface area (Å²) in [5.74, 6) is 0. The Morgan fingerprint density at radius 1 is 1.00 bits per heavy atom. The third-order valence-electron chi connectivity index (χ3n) is 0. The van der Waals surface area contributed by atoms with E-state index in [-0.39, 0.29) is 12.3 Å². The van der Waals surface area contributed by atoms with Gasteiger partial charge in [0, 0.05) is 0 Å². The highest BCUT2D eigenvalue weighted by Crippen LogP contribution is 0.981. The van der Waals surface area contributed by atoms with E-state index in [0.29, 0.717) is 0 Å². The smallest absolute Gasteiger partial charge is 0.0167 e. The van der Waals surface area contributed by atoms with Crippen LogP contribution in [0.5, 0.6) is 0 Å². The van der Waals surface area contributed by atoms with Crippen LogP contribution < -0.4 is 17.6 Å². The second kappa shape index (κ2) is 41.6. The van der Waals surface area contributed by atoms with E-state index in [2.05, 4.69) is 5.32 Å². The van der Waals surface area contributed by atoms with Crippen molar-refractivity contribution in [1.82, 2.24) is 17.6 Å². The Balaban J connectivity index is -0.0000000200. The molecule has 5 heavy (non-hydrogen) atoms. The Kier molecular flexibility index (Phi) is 173. The summed E-state index contributed by atoms with van der Waals surface area (Å²) in [5, 5.41) is 2.75. The molecule has 0 radical (unpaired) electrons. The van der Waals surface area contributed by atoms with E-state index in [1.807, 2.05) is 14.1 Å². The molecule has 0 amide bonds. The zero-order valence-corrected chi connectivity index (χ0v) is 3.91. The summed E-state index contributed by atoms with van der Waals surface area (Å²) >= 11 is 0. The van der Waals surface area contributed by atoms with Crippen molar-refractivity contribution in [2.45, 2.75) is 0 Å². The van der Waals surface area contributed by atoms with Gasteiger partial charge < -0.3 is 17.6 Å². The molecular weight excluding hydrogens is 66.0 g/mol. The summed E-state index contributed by atoms with van der Waals surface area (Å²) in [5.41, 5.74) is 0. The van der Waals surface area contributed by atoms with Crippen LogP contribution >= 0.6 is 0 Å². The maximum atomic E-state index is 2.75. The van der Waals surface area contributed by atoms with Crippen LogP contribution in [0.15, 0.2) is 0 Å². The molecule has 0 aromatic heterocycles. The van der Waals surface area contributed by atoms with E-state index in [1.165, 1.54) is 0 Å². The number of hydrogen-bond donors (Lipinski definition) is 3. The molecule has 0 rings (SSSR count). The zero-order chi connectivity index (χ0) is 2.71. The Bertz CT molecular complexity index is 4.85. The van der Waals surface area contributed by atoms with Gasteiger partial charge in [-0.25, -0.2) is 0 Å². The zero-order valence-electron chi connectivity index (χ0n) is 3.91. The highest BCUT2D eigenvalue weighted by atomic mass is 14.7. The molecule has 3 heteroatoms. The highest BCUT2D eigenvalue weighted by Gasteiger charge is 1.25. The minimum absolute atomic E-state index is 0. The quantitative estimate of drug-likeness (QED) is 0.387. The van der Waals surface area contributed by atoms with Crippen LogP contribution in [0.4, 0.5) is 0 Å². The van der Waals surface area contributed by atoms with E-state index >= 15 is 0 Å². The molecule has 0 unspecified atom stereocenters. The Morgan fingerprint density at radius 2 is 1.00 bits per heavy atom. The second-order valence-electron chi connectivity index (χ2n) is 0.500. The molecule has 0 aliphatic carbocycles. The first-order valence-corrected chi connectivity index (χ1v) is 1.00. The van der Waals surface area contributed by atoms with Gasteiger partial charge >= 0.3 is 0 Å². The predicted molar refractivity (Wildman–Crippen MR) is 25.0 cm³/mol. The van der Waals surface area contributed by atoms with Crippen molar-refractivity contribution in [3.8, 4) is 0 Å². The highest BCUT2D eigenvalue weighted by molar-refractivity contribution is 3.91. The first-order valence-electron chi connectivity index (χ1n) is 1.00. The molecule has 0 bridgehead atoms. The summed E-state index contributed by atoms with van der Waals surface area (Å²) in [6.45, 7) is 0. The van der Waals surface area contributed by atoms with Crippen molar-refractivity contribution >= 4 is 0 Å². The molecule has 0 fully saturated rings. The van der Waals surface area contributed by atoms with E-state index < -0.39 is 0 Å². The minimum Gasteiger partial charge on any atom is -0.344 e. The van der Waals surface area contributed by atoms with Gasteiger partial charge in [0.1, 0.15) is 0 Å². The molecule has 7 N–H and O–H groups in total. The van der Waals surface area contributed by atoms with Crippen LogP contribution in [0.3, 0.4) is 0 Å². The number of hydrogen-bond acceptors (Lipinski definition) is 3. The van der Waals surface area contributed by atoms with Gasteiger partial charge in [0.25, 0.3) is 0 Å². The molecule has 0 aliphatic rings. The van der Waals surface area contributed by atoms with Crippen molar-refractivity contribution in [2.75, 3.05) is 14.1 Å². The predicted octanol–water partition coefficient (Wildman–Crippen LogP) is 0.160. The largest absolute Gasteiger partial charge is 0.344 e. The van der Waals surface area contributed by atoms with Crippen LogP contribution in [0.2, 0.25) is 0 Å². The van der Waals surface area contributed by atoms with Crippen LogP contribution in [0.25, 0.3) is 0 Å². The molecule has 0 atom stereocenters. The molecule has 36 valence electrons. The first-order chi connectivity index (χ1) is 1.41. The molecule has 0 saturated heterocycles. The van der Waals surface area contributed by atoms with E-state index in [4.69, 9.17) is 0 Å². The normalized spacial score (nSPS) is 3.60. The average molecular weight is 79.1 g/mol. The van der Waals surface area contributed by atoms with Crippen LogP contribution in [-0.2, 0) is 0 Å². The Hall–Kier alpha value is -0.120. The van der Waals surface area contributed by atoms with Gasteiger partial charge in [-0.3, -0.25) is 0 Å². The second-order valence-corrected chi connectivity index (χ2v) is 0.500. The van der Waals surface area contributed by atoms with Gasteiger partial charge in [-0.1, -0.05) is 0 Å². The fourth-order valence-corrected chi connectivity index (χ4v) is 0. The van der Waals surface area contributed by atoms with Crippen LogP contribution in [0, 0.1) is 0 Å². The van der Waals surface area contributed by atoms with Crippen molar-refractivity contribution in [3.05, 3.63) is 0 Å². The standard InChI is InChI=1S/C2H7N.2H3N/c1-3-2;;/h3H,1-2H3;2*1H3. The summed E-state index contributed by atoms with van der Waals surface area (Å²) in [4.78, 5) is 0. The fourth-order valence-electron chi connectivity index (χ4n) is 0. The molecule has 0 aromatic carbocycles. The summed E-state index contributed by atoms with van der Waals surface area (Å²) in [7, 11) is 3.75. The third kappa shape index (κ3) is 952. The third-order valence-corrected chi connectivity index (χ3v) is 0. The monoisotopic (exact) mass is 79.1 g/mol. The number of rotatable bonds is 0. The molecule has 0 aliphatic heterocycles. The Morgan fingerprint density at radius 3 is 1.00 bits per heavy atom. The van der Waals surface area contributed by atoms with Crippen LogP contribution in [-0.4, -0.2) is 14.1 Å². The lowest BCUT2D eigenvalue weighted by molar-refractivity contribution is 1.02. The summed E-state index contributed by atoms with van der Waals surface area (Å²) in [6, 6.07) is 0. The van der Waals surface area contributed by atoms with Crippen molar-refractivity contribution in [1.29, 1.82) is 0 Å². The van der Waals surface area contributed by atoms with Gasteiger partial charge in [-0.2, -0.15) is 0 Å². The fraction of sp³-hybridized carbons (Fsp3) is 1.00. The van der Waals surface area contributed by atoms with Gasteiger partial charge in [0.05, 0.1) is 0 Å². The molecule has 3 nitrogen and oxygen atoms in total. The van der Waals surface area contributed by atoms with E-state index in [9.17, 15) is 0 Å². The molecule has 0 heterocycles. The SMILES string of the molecule is CNC.N.N. The number of nitrogens with one attached hydrogen (secondary N) is 1. The summed E-state index contributed by atoms with van der Waals surface area (Å²) < 4.78 is 0. The van der Waals surface area contributed by atoms with Gasteiger partial charge in [-0.05, 0) is 14.1 Å². The lowest BCUT2D eigenvalue weighted by Gasteiger charge is -1.59. The maximum Gasteiger partial charge on any atom is -0.0167 e. The maximum absolute atomic E-state index is 2.75. The van der Waals surface area contributed by atoms with Gasteiger partial charge in [-0.15, -0.1) is 0 Å². The van der Waals surface area contributed by atoms with E-state index in [0.717, 1.165) is 0 Å². The Labute approximate surface area is 32.9 Å². The molecular formula is C2H13N3. The average Bonchev–Trinajstić information content (AvgIpc) is 0.918.